The molecule has 0 saturated carbocycles. The maximum atomic E-state index is 11.9. The molecule has 0 saturated heterocycles. The summed E-state index contributed by atoms with van der Waals surface area (Å²) in [4.78, 5) is 26.6. The number of carbonyl (C=O) groups is 1. The van der Waals surface area contributed by atoms with Gasteiger partial charge in [0.05, 0.1) is 12.7 Å². The van der Waals surface area contributed by atoms with Crippen LogP contribution in [-0.2, 0) is 16.1 Å². The van der Waals surface area contributed by atoms with Gasteiger partial charge in [-0.05, 0) is 6.92 Å². The average Bonchev–Trinajstić information content (AvgIpc) is 2.66. The van der Waals surface area contributed by atoms with Gasteiger partial charge in [-0.3, -0.25) is 4.98 Å². The second-order valence-corrected chi connectivity index (χ2v) is 3.55. The SMILES string of the molecule is CCOC(Cn1nc2cnccn2c1=O)C(=O)O. The summed E-state index contributed by atoms with van der Waals surface area (Å²) in [6, 6.07) is 0. The highest BCUT2D eigenvalue weighted by molar-refractivity contribution is 5.72. The minimum atomic E-state index is -1.13. The molecule has 0 aliphatic heterocycles. The summed E-state index contributed by atoms with van der Waals surface area (Å²) in [5.41, 5.74) is -0.0542. The molecule has 2 aromatic heterocycles. The molecule has 0 spiro atoms. The molecule has 2 heterocycles. The van der Waals surface area contributed by atoms with Crippen molar-refractivity contribution in [2.75, 3.05) is 6.61 Å². The summed E-state index contributed by atoms with van der Waals surface area (Å²) >= 11 is 0. The van der Waals surface area contributed by atoms with Gasteiger partial charge in [-0.2, -0.15) is 0 Å². The molecule has 2 rings (SSSR count). The molecule has 2 aromatic rings. The highest BCUT2D eigenvalue weighted by Crippen LogP contribution is 1.98. The van der Waals surface area contributed by atoms with E-state index in [2.05, 4.69) is 10.1 Å². The summed E-state index contributed by atoms with van der Waals surface area (Å²) in [6.07, 6.45) is 3.26. The van der Waals surface area contributed by atoms with Gasteiger partial charge in [0.1, 0.15) is 0 Å². The largest absolute Gasteiger partial charge is 0.479 e. The first-order chi connectivity index (χ1) is 8.63. The summed E-state index contributed by atoms with van der Waals surface area (Å²) < 4.78 is 7.38. The van der Waals surface area contributed by atoms with E-state index in [1.807, 2.05) is 0 Å². The lowest BCUT2D eigenvalue weighted by Gasteiger charge is -2.10. The van der Waals surface area contributed by atoms with E-state index in [1.165, 1.54) is 23.0 Å². The second-order valence-electron chi connectivity index (χ2n) is 3.55. The van der Waals surface area contributed by atoms with Crippen LogP contribution in [0.15, 0.2) is 23.4 Å². The summed E-state index contributed by atoms with van der Waals surface area (Å²) in [5.74, 6) is -1.13. The molecule has 1 unspecified atom stereocenters. The third-order valence-corrected chi connectivity index (χ3v) is 2.37. The Kier molecular flexibility index (Phi) is 3.38. The molecule has 8 heteroatoms. The van der Waals surface area contributed by atoms with Crippen molar-refractivity contribution in [1.82, 2.24) is 19.2 Å². The Morgan fingerprint density at radius 3 is 3.00 bits per heavy atom. The molecule has 0 radical (unpaired) electrons. The van der Waals surface area contributed by atoms with Gasteiger partial charge in [0.2, 0.25) is 0 Å². The number of fused-ring (bicyclic) bond motifs is 1. The van der Waals surface area contributed by atoms with E-state index in [0.29, 0.717) is 5.65 Å². The molecule has 1 N–H and O–H groups in total. The van der Waals surface area contributed by atoms with Gasteiger partial charge in [0, 0.05) is 19.0 Å². The maximum Gasteiger partial charge on any atom is 0.350 e. The second kappa shape index (κ2) is 4.96. The predicted molar refractivity (Wildman–Crippen MR) is 60.3 cm³/mol. The Bertz CT molecular complexity index is 618. The molecule has 0 aliphatic carbocycles. The normalized spacial score (nSPS) is 12.7. The van der Waals surface area contributed by atoms with Crippen LogP contribution in [0.3, 0.4) is 0 Å². The third-order valence-electron chi connectivity index (χ3n) is 2.37. The van der Waals surface area contributed by atoms with Gasteiger partial charge in [0.15, 0.2) is 11.8 Å². The number of aromatic nitrogens is 4. The van der Waals surface area contributed by atoms with Crippen LogP contribution in [-0.4, -0.2) is 43.0 Å². The Morgan fingerprint density at radius 2 is 2.39 bits per heavy atom. The van der Waals surface area contributed by atoms with Gasteiger partial charge in [0.25, 0.3) is 0 Å². The number of nitrogens with zero attached hydrogens (tertiary/aromatic N) is 4. The number of carboxylic acids is 1. The highest BCUT2D eigenvalue weighted by Gasteiger charge is 2.20. The zero-order valence-electron chi connectivity index (χ0n) is 9.68. The minimum absolute atomic E-state index is 0.135. The smallest absolute Gasteiger partial charge is 0.350 e. The Morgan fingerprint density at radius 1 is 1.61 bits per heavy atom. The van der Waals surface area contributed by atoms with Crippen molar-refractivity contribution in [1.29, 1.82) is 0 Å². The number of hydrogen-bond acceptors (Lipinski definition) is 5. The third kappa shape index (κ3) is 2.23. The van der Waals surface area contributed by atoms with E-state index >= 15 is 0 Å². The zero-order valence-corrected chi connectivity index (χ0v) is 9.68. The first-order valence-electron chi connectivity index (χ1n) is 5.37. The summed E-state index contributed by atoms with van der Waals surface area (Å²) in [6.45, 7) is 1.80. The van der Waals surface area contributed by atoms with Crippen molar-refractivity contribution in [3.8, 4) is 0 Å². The van der Waals surface area contributed by atoms with Crippen molar-refractivity contribution in [3.63, 3.8) is 0 Å². The van der Waals surface area contributed by atoms with Gasteiger partial charge in [-0.1, -0.05) is 0 Å². The fraction of sp³-hybridized carbons (Fsp3) is 0.400. The van der Waals surface area contributed by atoms with E-state index in [0.717, 1.165) is 4.68 Å². The molecular weight excluding hydrogens is 240 g/mol. The molecule has 96 valence electrons. The van der Waals surface area contributed by atoms with Crippen LogP contribution >= 0.6 is 0 Å². The number of aliphatic carboxylic acids is 1. The van der Waals surface area contributed by atoms with Gasteiger partial charge in [-0.15, -0.1) is 5.10 Å². The fourth-order valence-electron chi connectivity index (χ4n) is 1.56. The standard InChI is InChI=1S/C10H12N4O4/c1-2-18-7(9(15)16)6-14-10(17)13-4-3-11-5-8(13)12-14/h3-5,7H,2,6H2,1H3,(H,15,16). The van der Waals surface area contributed by atoms with Crippen molar-refractivity contribution < 1.29 is 14.6 Å². The van der Waals surface area contributed by atoms with Gasteiger partial charge in [-0.25, -0.2) is 18.7 Å². The average molecular weight is 252 g/mol. The Balaban J connectivity index is 2.33. The minimum Gasteiger partial charge on any atom is -0.479 e. The molecular formula is C10H12N4O4. The zero-order chi connectivity index (χ0) is 13.1. The van der Waals surface area contributed by atoms with Crippen molar-refractivity contribution in [2.24, 2.45) is 0 Å². The van der Waals surface area contributed by atoms with Gasteiger partial charge >= 0.3 is 11.7 Å². The first-order valence-corrected chi connectivity index (χ1v) is 5.37. The van der Waals surface area contributed by atoms with Crippen molar-refractivity contribution in [2.45, 2.75) is 19.6 Å². The lowest BCUT2D eigenvalue weighted by atomic mass is 10.3. The van der Waals surface area contributed by atoms with E-state index in [4.69, 9.17) is 9.84 Å². The number of ether oxygens (including phenoxy) is 1. The van der Waals surface area contributed by atoms with Crippen LogP contribution < -0.4 is 5.69 Å². The van der Waals surface area contributed by atoms with E-state index in [9.17, 15) is 9.59 Å². The van der Waals surface area contributed by atoms with E-state index in [1.54, 1.807) is 6.92 Å². The predicted octanol–water partition coefficient (Wildman–Crippen LogP) is -0.619. The van der Waals surface area contributed by atoms with Gasteiger partial charge < -0.3 is 9.84 Å². The molecule has 0 fully saturated rings. The lowest BCUT2D eigenvalue weighted by Crippen LogP contribution is -2.34. The molecule has 0 aliphatic rings. The summed E-state index contributed by atoms with van der Waals surface area (Å²) in [7, 11) is 0. The molecule has 18 heavy (non-hydrogen) atoms. The van der Waals surface area contributed by atoms with E-state index in [-0.39, 0.29) is 13.2 Å². The van der Waals surface area contributed by atoms with Crippen molar-refractivity contribution in [3.05, 3.63) is 29.1 Å². The maximum absolute atomic E-state index is 11.9. The monoisotopic (exact) mass is 252 g/mol. The van der Waals surface area contributed by atoms with Crippen LogP contribution in [0.4, 0.5) is 0 Å². The summed E-state index contributed by atoms with van der Waals surface area (Å²) in [5, 5.41) is 12.9. The quantitative estimate of drug-likeness (QED) is 0.761. The molecule has 0 bridgehead atoms. The number of carboxylic acid groups (broad SMARTS) is 1. The lowest BCUT2D eigenvalue weighted by molar-refractivity contribution is -0.151. The van der Waals surface area contributed by atoms with Crippen LogP contribution in [0.2, 0.25) is 0 Å². The topological polar surface area (TPSA) is 98.7 Å². The van der Waals surface area contributed by atoms with Crippen LogP contribution in [0.1, 0.15) is 6.92 Å². The first kappa shape index (κ1) is 12.2. The van der Waals surface area contributed by atoms with Crippen LogP contribution in [0.25, 0.3) is 5.65 Å². The number of hydrogen-bond donors (Lipinski definition) is 1. The van der Waals surface area contributed by atoms with Crippen molar-refractivity contribution >= 4 is 11.6 Å². The van der Waals surface area contributed by atoms with Crippen LogP contribution in [0, 0.1) is 0 Å². The fourth-order valence-corrected chi connectivity index (χ4v) is 1.56. The molecule has 0 amide bonds. The van der Waals surface area contributed by atoms with Crippen LogP contribution in [0.5, 0.6) is 0 Å². The molecule has 8 nitrogen and oxygen atoms in total. The molecule has 1 atom stereocenters. The number of rotatable bonds is 5. The Hall–Kier alpha value is -2.22. The van der Waals surface area contributed by atoms with E-state index < -0.39 is 17.8 Å². The molecule has 0 aromatic carbocycles. The Labute approximate surface area is 101 Å². The highest BCUT2D eigenvalue weighted by atomic mass is 16.5.